The second-order valence-electron chi connectivity index (χ2n) is 6.47. The van der Waals surface area contributed by atoms with Crippen LogP contribution >= 0.6 is 0 Å². The van der Waals surface area contributed by atoms with Gasteiger partial charge in [0.2, 0.25) is 0 Å². The van der Waals surface area contributed by atoms with Crippen molar-refractivity contribution in [1.29, 1.82) is 0 Å². The third-order valence-electron chi connectivity index (χ3n) is 4.94. The van der Waals surface area contributed by atoms with Crippen molar-refractivity contribution in [3.63, 3.8) is 0 Å². The largest absolute Gasteiger partial charge is 0.313 e. The first-order valence-corrected chi connectivity index (χ1v) is 8.31. The molecule has 0 bridgehead atoms. The highest BCUT2D eigenvalue weighted by Crippen LogP contribution is 2.31. The van der Waals surface area contributed by atoms with Gasteiger partial charge in [-0.3, -0.25) is 4.98 Å². The maximum atomic E-state index is 4.59. The van der Waals surface area contributed by atoms with Gasteiger partial charge in [-0.2, -0.15) is 0 Å². The van der Waals surface area contributed by atoms with Crippen molar-refractivity contribution in [2.75, 3.05) is 7.05 Å². The summed E-state index contributed by atoms with van der Waals surface area (Å²) in [5.41, 5.74) is 3.58. The number of nitrogens with one attached hydrogen (secondary N) is 1. The summed E-state index contributed by atoms with van der Waals surface area (Å²) in [6.45, 7) is 2.05. The van der Waals surface area contributed by atoms with Gasteiger partial charge in [0.15, 0.2) is 0 Å². The summed E-state index contributed by atoms with van der Waals surface area (Å²) in [6, 6.07) is 11.5. The quantitative estimate of drug-likeness (QED) is 0.854. The smallest absolute Gasteiger partial charge is 0.0705 e. The molecule has 2 aromatic rings. The van der Waals surface area contributed by atoms with Crippen molar-refractivity contribution >= 4 is 10.9 Å². The Balaban J connectivity index is 1.74. The van der Waals surface area contributed by atoms with E-state index in [2.05, 4.69) is 47.7 Å². The fourth-order valence-corrected chi connectivity index (χ4v) is 3.64. The molecular formula is C19H26N2. The van der Waals surface area contributed by atoms with Crippen LogP contribution in [0.25, 0.3) is 10.9 Å². The van der Waals surface area contributed by atoms with Gasteiger partial charge in [0.25, 0.3) is 0 Å². The fraction of sp³-hybridized carbons (Fsp3) is 0.526. The van der Waals surface area contributed by atoms with Crippen LogP contribution in [0.15, 0.2) is 30.3 Å². The number of benzene rings is 1. The molecule has 0 spiro atoms. The lowest BCUT2D eigenvalue weighted by atomic mass is 9.94. The monoisotopic (exact) mass is 282 g/mol. The SMILES string of the molecule is CNC(CCC1CCCC1)c1ccc2nc(C)ccc2c1. The molecule has 0 saturated heterocycles. The molecule has 21 heavy (non-hydrogen) atoms. The predicted molar refractivity (Wildman–Crippen MR) is 89.5 cm³/mol. The number of aryl methyl sites for hydroxylation is 1. The van der Waals surface area contributed by atoms with E-state index in [1.165, 1.54) is 49.5 Å². The summed E-state index contributed by atoms with van der Waals surface area (Å²) in [7, 11) is 2.08. The second-order valence-corrected chi connectivity index (χ2v) is 6.47. The molecule has 2 heteroatoms. The van der Waals surface area contributed by atoms with E-state index in [9.17, 15) is 0 Å². The van der Waals surface area contributed by atoms with Gasteiger partial charge in [0.05, 0.1) is 5.52 Å². The van der Waals surface area contributed by atoms with E-state index in [1.807, 2.05) is 6.92 Å². The molecule has 1 aromatic heterocycles. The Hall–Kier alpha value is -1.41. The molecule has 0 aliphatic heterocycles. The van der Waals surface area contributed by atoms with Crippen molar-refractivity contribution in [3.8, 4) is 0 Å². The van der Waals surface area contributed by atoms with Crippen LogP contribution in [-0.4, -0.2) is 12.0 Å². The lowest BCUT2D eigenvalue weighted by molar-refractivity contribution is 0.427. The minimum atomic E-state index is 0.469. The predicted octanol–water partition coefficient (Wildman–Crippen LogP) is 4.77. The van der Waals surface area contributed by atoms with E-state index < -0.39 is 0 Å². The molecular weight excluding hydrogens is 256 g/mol. The van der Waals surface area contributed by atoms with Crippen molar-refractivity contribution in [3.05, 3.63) is 41.6 Å². The molecule has 1 fully saturated rings. The molecule has 1 aliphatic carbocycles. The van der Waals surface area contributed by atoms with Gasteiger partial charge < -0.3 is 5.32 Å². The minimum Gasteiger partial charge on any atom is -0.313 e. The number of aromatic nitrogens is 1. The lowest BCUT2D eigenvalue weighted by Gasteiger charge is -2.19. The van der Waals surface area contributed by atoms with Gasteiger partial charge in [-0.1, -0.05) is 37.8 Å². The first-order valence-electron chi connectivity index (χ1n) is 8.31. The van der Waals surface area contributed by atoms with Gasteiger partial charge in [0.1, 0.15) is 0 Å². The van der Waals surface area contributed by atoms with Crippen LogP contribution < -0.4 is 5.32 Å². The maximum Gasteiger partial charge on any atom is 0.0705 e. The number of rotatable bonds is 5. The van der Waals surface area contributed by atoms with Crippen LogP contribution in [0.1, 0.15) is 55.8 Å². The van der Waals surface area contributed by atoms with Gasteiger partial charge in [-0.25, -0.2) is 0 Å². The van der Waals surface area contributed by atoms with Crippen LogP contribution in [0.5, 0.6) is 0 Å². The summed E-state index contributed by atoms with van der Waals surface area (Å²) in [5, 5.41) is 4.75. The van der Waals surface area contributed by atoms with E-state index in [1.54, 1.807) is 0 Å². The lowest BCUT2D eigenvalue weighted by Crippen LogP contribution is -2.17. The normalized spacial score (nSPS) is 17.4. The van der Waals surface area contributed by atoms with E-state index in [0.717, 1.165) is 17.1 Å². The zero-order chi connectivity index (χ0) is 14.7. The molecule has 1 aliphatic rings. The number of fused-ring (bicyclic) bond motifs is 1. The zero-order valence-electron chi connectivity index (χ0n) is 13.2. The van der Waals surface area contributed by atoms with Crippen LogP contribution in [0, 0.1) is 12.8 Å². The van der Waals surface area contributed by atoms with Crippen LogP contribution in [-0.2, 0) is 0 Å². The standard InChI is InChI=1S/C19H26N2/c1-14-7-9-17-13-16(10-12-19(17)21-14)18(20-2)11-8-15-5-3-4-6-15/h7,9-10,12-13,15,18,20H,3-6,8,11H2,1-2H3. The Kier molecular flexibility index (Phi) is 4.54. The van der Waals surface area contributed by atoms with Crippen LogP contribution in [0.2, 0.25) is 0 Å². The molecule has 2 nitrogen and oxygen atoms in total. The van der Waals surface area contributed by atoms with Crippen LogP contribution in [0.4, 0.5) is 0 Å². The van der Waals surface area contributed by atoms with Crippen molar-refractivity contribution in [1.82, 2.24) is 10.3 Å². The Morgan fingerprint density at radius 2 is 2.00 bits per heavy atom. The maximum absolute atomic E-state index is 4.59. The summed E-state index contributed by atoms with van der Waals surface area (Å²) >= 11 is 0. The highest BCUT2D eigenvalue weighted by atomic mass is 14.9. The first kappa shape index (κ1) is 14.5. The third kappa shape index (κ3) is 3.44. The number of nitrogens with zero attached hydrogens (tertiary/aromatic N) is 1. The highest BCUT2D eigenvalue weighted by Gasteiger charge is 2.17. The van der Waals surface area contributed by atoms with Gasteiger partial charge in [0, 0.05) is 17.1 Å². The molecule has 0 radical (unpaired) electrons. The summed E-state index contributed by atoms with van der Waals surface area (Å²) in [6.07, 6.45) is 8.36. The van der Waals surface area contributed by atoms with Crippen molar-refractivity contribution in [2.24, 2.45) is 5.92 Å². The Labute approximate surface area is 128 Å². The molecule has 1 atom stereocenters. The molecule has 1 N–H and O–H groups in total. The van der Waals surface area contributed by atoms with E-state index in [0.29, 0.717) is 6.04 Å². The Morgan fingerprint density at radius 3 is 2.76 bits per heavy atom. The van der Waals surface area contributed by atoms with Gasteiger partial charge in [-0.05, 0) is 56.5 Å². The third-order valence-corrected chi connectivity index (χ3v) is 4.94. The molecule has 1 aromatic carbocycles. The van der Waals surface area contributed by atoms with Crippen LogP contribution in [0.3, 0.4) is 0 Å². The number of pyridine rings is 1. The molecule has 3 rings (SSSR count). The summed E-state index contributed by atoms with van der Waals surface area (Å²) < 4.78 is 0. The van der Waals surface area contributed by atoms with E-state index in [4.69, 9.17) is 0 Å². The fourth-order valence-electron chi connectivity index (χ4n) is 3.64. The molecule has 0 amide bonds. The van der Waals surface area contributed by atoms with Gasteiger partial charge in [-0.15, -0.1) is 0 Å². The van der Waals surface area contributed by atoms with E-state index in [-0.39, 0.29) is 0 Å². The average molecular weight is 282 g/mol. The average Bonchev–Trinajstić information content (AvgIpc) is 3.01. The number of hydrogen-bond donors (Lipinski definition) is 1. The zero-order valence-corrected chi connectivity index (χ0v) is 13.2. The Bertz CT molecular complexity index is 600. The van der Waals surface area contributed by atoms with Crippen molar-refractivity contribution < 1.29 is 0 Å². The van der Waals surface area contributed by atoms with Crippen molar-refractivity contribution in [2.45, 2.75) is 51.5 Å². The Morgan fingerprint density at radius 1 is 1.19 bits per heavy atom. The van der Waals surface area contributed by atoms with Gasteiger partial charge >= 0.3 is 0 Å². The first-order chi connectivity index (χ1) is 10.3. The molecule has 1 unspecified atom stereocenters. The minimum absolute atomic E-state index is 0.469. The topological polar surface area (TPSA) is 24.9 Å². The summed E-state index contributed by atoms with van der Waals surface area (Å²) in [4.78, 5) is 4.59. The highest BCUT2D eigenvalue weighted by molar-refractivity contribution is 5.79. The molecule has 1 saturated carbocycles. The summed E-state index contributed by atoms with van der Waals surface area (Å²) in [5.74, 6) is 0.964. The number of hydrogen-bond acceptors (Lipinski definition) is 2. The molecule has 112 valence electrons. The second kappa shape index (κ2) is 6.57. The molecule has 1 heterocycles. The van der Waals surface area contributed by atoms with E-state index >= 15 is 0 Å².